The molecule has 1 heterocycles. The number of nitrogens with zero attached hydrogens (tertiary/aromatic N) is 2. The molecule has 3 aromatic carbocycles. The first kappa shape index (κ1) is 16.2. The number of rotatable bonds is 4. The second-order valence-electron chi connectivity index (χ2n) is 6.01. The van der Waals surface area contributed by atoms with Gasteiger partial charge in [0, 0.05) is 13.0 Å². The highest BCUT2D eigenvalue weighted by atomic mass is 35.5. The number of imidazole rings is 1. The molecule has 0 bridgehead atoms. The third-order valence-electron chi connectivity index (χ3n) is 4.26. The van der Waals surface area contributed by atoms with Crippen molar-refractivity contribution < 1.29 is 0 Å². The summed E-state index contributed by atoms with van der Waals surface area (Å²) in [6.45, 7) is 0.708. The van der Waals surface area contributed by atoms with Crippen LogP contribution in [-0.2, 0) is 13.0 Å². The standard InChI is InChI=1S/C21H16Cl2N2/c22-17-11-10-16(12-18(17)23)14-25-20-9-5-4-8-19(20)24-21(25)13-15-6-2-1-3-7-15/h1-12H,13-14H2. The van der Waals surface area contributed by atoms with Gasteiger partial charge in [0.25, 0.3) is 0 Å². The zero-order valence-electron chi connectivity index (χ0n) is 13.5. The minimum Gasteiger partial charge on any atom is -0.323 e. The molecule has 25 heavy (non-hydrogen) atoms. The normalized spacial score (nSPS) is 11.1. The summed E-state index contributed by atoms with van der Waals surface area (Å²) in [7, 11) is 0. The molecule has 4 aromatic rings. The Balaban J connectivity index is 1.77. The zero-order valence-corrected chi connectivity index (χ0v) is 15.0. The molecule has 0 fully saturated rings. The van der Waals surface area contributed by atoms with E-state index < -0.39 is 0 Å². The summed E-state index contributed by atoms with van der Waals surface area (Å²) >= 11 is 12.2. The van der Waals surface area contributed by atoms with Gasteiger partial charge in [0.15, 0.2) is 0 Å². The predicted molar refractivity (Wildman–Crippen MR) is 105 cm³/mol. The van der Waals surface area contributed by atoms with E-state index in [2.05, 4.69) is 41.0 Å². The third kappa shape index (κ3) is 3.41. The number of benzene rings is 3. The maximum Gasteiger partial charge on any atom is 0.114 e. The largest absolute Gasteiger partial charge is 0.323 e. The first-order valence-corrected chi connectivity index (χ1v) is 8.88. The minimum atomic E-state index is 0.574. The summed E-state index contributed by atoms with van der Waals surface area (Å²) in [5, 5.41) is 1.15. The topological polar surface area (TPSA) is 17.8 Å². The van der Waals surface area contributed by atoms with Crippen molar-refractivity contribution in [2.45, 2.75) is 13.0 Å². The lowest BCUT2D eigenvalue weighted by molar-refractivity contribution is 0.762. The van der Waals surface area contributed by atoms with Gasteiger partial charge in [-0.1, -0.05) is 71.7 Å². The highest BCUT2D eigenvalue weighted by Crippen LogP contribution is 2.25. The monoisotopic (exact) mass is 366 g/mol. The van der Waals surface area contributed by atoms with Crippen molar-refractivity contribution in [3.63, 3.8) is 0 Å². The van der Waals surface area contributed by atoms with Crippen LogP contribution in [0.25, 0.3) is 11.0 Å². The van der Waals surface area contributed by atoms with E-state index in [1.807, 2.05) is 36.4 Å². The Morgan fingerprint density at radius 2 is 1.52 bits per heavy atom. The van der Waals surface area contributed by atoms with E-state index in [1.54, 1.807) is 0 Å². The van der Waals surface area contributed by atoms with Gasteiger partial charge in [-0.2, -0.15) is 0 Å². The molecule has 0 aliphatic carbocycles. The van der Waals surface area contributed by atoms with Crippen LogP contribution in [0.15, 0.2) is 72.8 Å². The summed E-state index contributed by atoms with van der Waals surface area (Å²) in [5.41, 5.74) is 4.48. The molecular weight excluding hydrogens is 351 g/mol. The molecule has 0 unspecified atom stereocenters. The maximum absolute atomic E-state index is 6.18. The molecule has 124 valence electrons. The summed E-state index contributed by atoms with van der Waals surface area (Å²) in [4.78, 5) is 4.85. The van der Waals surface area contributed by atoms with Gasteiger partial charge < -0.3 is 4.57 Å². The molecule has 0 saturated heterocycles. The minimum absolute atomic E-state index is 0.574. The lowest BCUT2D eigenvalue weighted by Gasteiger charge is -2.10. The van der Waals surface area contributed by atoms with E-state index in [-0.39, 0.29) is 0 Å². The van der Waals surface area contributed by atoms with Crippen LogP contribution in [0.1, 0.15) is 17.0 Å². The van der Waals surface area contributed by atoms with Crippen molar-refractivity contribution in [3.8, 4) is 0 Å². The molecule has 0 aliphatic rings. The summed E-state index contributed by atoms with van der Waals surface area (Å²) < 4.78 is 2.25. The fraction of sp³-hybridized carbons (Fsp3) is 0.0952. The lowest BCUT2D eigenvalue weighted by Crippen LogP contribution is -2.06. The van der Waals surface area contributed by atoms with Crippen LogP contribution in [0.5, 0.6) is 0 Å². The SMILES string of the molecule is Clc1ccc(Cn2c(Cc3ccccc3)nc3ccccc32)cc1Cl. The van der Waals surface area contributed by atoms with Gasteiger partial charge in [0.05, 0.1) is 21.1 Å². The van der Waals surface area contributed by atoms with Gasteiger partial charge in [-0.05, 0) is 35.4 Å². The van der Waals surface area contributed by atoms with E-state index in [9.17, 15) is 0 Å². The Bertz CT molecular complexity index is 1020. The second-order valence-corrected chi connectivity index (χ2v) is 6.83. The molecule has 4 heteroatoms. The van der Waals surface area contributed by atoms with Crippen molar-refractivity contribution >= 4 is 34.2 Å². The van der Waals surface area contributed by atoms with Crippen LogP contribution in [0.4, 0.5) is 0 Å². The molecule has 0 atom stereocenters. The van der Waals surface area contributed by atoms with Gasteiger partial charge in [0.1, 0.15) is 5.82 Å². The zero-order chi connectivity index (χ0) is 17.2. The summed E-state index contributed by atoms with van der Waals surface area (Å²) in [5.74, 6) is 1.04. The molecule has 0 amide bonds. The molecule has 0 saturated carbocycles. The number of hydrogen-bond acceptors (Lipinski definition) is 1. The fourth-order valence-electron chi connectivity index (χ4n) is 3.04. The van der Waals surface area contributed by atoms with Crippen molar-refractivity contribution in [1.29, 1.82) is 0 Å². The number of para-hydroxylation sites is 2. The highest BCUT2D eigenvalue weighted by molar-refractivity contribution is 6.42. The predicted octanol–water partition coefficient (Wildman–Crippen LogP) is 5.98. The van der Waals surface area contributed by atoms with Gasteiger partial charge >= 0.3 is 0 Å². The van der Waals surface area contributed by atoms with Crippen LogP contribution >= 0.6 is 23.2 Å². The van der Waals surface area contributed by atoms with Crippen LogP contribution < -0.4 is 0 Å². The first-order chi connectivity index (χ1) is 12.2. The maximum atomic E-state index is 6.18. The van der Waals surface area contributed by atoms with Gasteiger partial charge in [-0.15, -0.1) is 0 Å². The molecule has 0 N–H and O–H groups in total. The number of aromatic nitrogens is 2. The molecule has 0 aliphatic heterocycles. The van der Waals surface area contributed by atoms with Crippen LogP contribution in [-0.4, -0.2) is 9.55 Å². The molecule has 1 aromatic heterocycles. The highest BCUT2D eigenvalue weighted by Gasteiger charge is 2.12. The Morgan fingerprint density at radius 1 is 0.760 bits per heavy atom. The molecule has 0 radical (unpaired) electrons. The molecule has 0 spiro atoms. The van der Waals surface area contributed by atoms with Crippen molar-refractivity contribution in [1.82, 2.24) is 9.55 Å². The quantitative estimate of drug-likeness (QED) is 0.434. The van der Waals surface area contributed by atoms with E-state index in [0.717, 1.165) is 28.8 Å². The second kappa shape index (κ2) is 6.91. The average Bonchev–Trinajstić information content (AvgIpc) is 2.96. The van der Waals surface area contributed by atoms with E-state index in [0.29, 0.717) is 16.6 Å². The Hall–Kier alpha value is -2.29. The van der Waals surface area contributed by atoms with Crippen molar-refractivity contribution in [2.24, 2.45) is 0 Å². The Morgan fingerprint density at radius 3 is 2.32 bits per heavy atom. The summed E-state index contributed by atoms with van der Waals surface area (Å²) in [6.07, 6.45) is 0.789. The van der Waals surface area contributed by atoms with Crippen LogP contribution in [0.2, 0.25) is 10.0 Å². The van der Waals surface area contributed by atoms with Crippen LogP contribution in [0.3, 0.4) is 0 Å². The number of halogens is 2. The third-order valence-corrected chi connectivity index (χ3v) is 5.00. The number of fused-ring (bicyclic) bond motifs is 1. The van der Waals surface area contributed by atoms with Crippen molar-refractivity contribution in [3.05, 3.63) is 99.8 Å². The van der Waals surface area contributed by atoms with Gasteiger partial charge in [0.2, 0.25) is 0 Å². The number of hydrogen-bond donors (Lipinski definition) is 0. The smallest absolute Gasteiger partial charge is 0.114 e. The fourth-order valence-corrected chi connectivity index (χ4v) is 3.36. The van der Waals surface area contributed by atoms with Gasteiger partial charge in [-0.25, -0.2) is 4.98 Å². The molecular formula is C21H16Cl2N2. The van der Waals surface area contributed by atoms with E-state index in [4.69, 9.17) is 28.2 Å². The van der Waals surface area contributed by atoms with E-state index >= 15 is 0 Å². The average molecular weight is 367 g/mol. The first-order valence-electron chi connectivity index (χ1n) is 8.13. The summed E-state index contributed by atoms with van der Waals surface area (Å²) in [6, 6.07) is 24.4. The Labute approximate surface area is 156 Å². The van der Waals surface area contributed by atoms with Gasteiger partial charge in [-0.3, -0.25) is 0 Å². The lowest BCUT2D eigenvalue weighted by atomic mass is 10.1. The Kier molecular flexibility index (Phi) is 4.48. The van der Waals surface area contributed by atoms with E-state index in [1.165, 1.54) is 5.56 Å². The molecule has 4 rings (SSSR count). The molecule has 2 nitrogen and oxygen atoms in total. The van der Waals surface area contributed by atoms with Crippen molar-refractivity contribution in [2.75, 3.05) is 0 Å². The van der Waals surface area contributed by atoms with Crippen LogP contribution in [0, 0.1) is 0 Å².